The largest absolute Gasteiger partial charge is 0.372 e. The first-order valence-corrected chi connectivity index (χ1v) is 5.04. The summed E-state index contributed by atoms with van der Waals surface area (Å²) in [4.78, 5) is 13.3. The third kappa shape index (κ3) is 1.90. The summed E-state index contributed by atoms with van der Waals surface area (Å²) in [6.07, 6.45) is 0. The van der Waals surface area contributed by atoms with Crippen molar-refractivity contribution in [3.8, 4) is 6.07 Å². The summed E-state index contributed by atoms with van der Waals surface area (Å²) < 4.78 is 5.28. The number of nitrogens with zero attached hydrogens (tertiary/aromatic N) is 2. The number of hydrogen-bond acceptors (Lipinski definition) is 3. The van der Waals surface area contributed by atoms with E-state index in [2.05, 4.69) is 0 Å². The van der Waals surface area contributed by atoms with E-state index in [0.29, 0.717) is 18.8 Å². The van der Waals surface area contributed by atoms with E-state index in [4.69, 9.17) is 10.00 Å². The average Bonchev–Trinajstić information content (AvgIpc) is 2.75. The van der Waals surface area contributed by atoms with Crippen molar-refractivity contribution in [2.24, 2.45) is 0 Å². The Bertz CT molecular complexity index is 463. The summed E-state index contributed by atoms with van der Waals surface area (Å²) in [5.41, 5.74) is 2.82. The lowest BCUT2D eigenvalue weighted by Gasteiger charge is -2.13. The fourth-order valence-corrected chi connectivity index (χ4v) is 1.70. The van der Waals surface area contributed by atoms with Gasteiger partial charge in [-0.3, -0.25) is 4.79 Å². The topological polar surface area (TPSA) is 53.3 Å². The zero-order chi connectivity index (χ0) is 11.5. The second-order valence-corrected chi connectivity index (χ2v) is 3.80. The lowest BCUT2D eigenvalue weighted by atomic mass is 10.1. The minimum atomic E-state index is -0.128. The van der Waals surface area contributed by atoms with Crippen LogP contribution in [0, 0.1) is 11.3 Å². The van der Waals surface area contributed by atoms with E-state index in [1.165, 1.54) is 4.90 Å². The fraction of sp³-hybridized carbons (Fsp3) is 0.333. The van der Waals surface area contributed by atoms with E-state index in [1.807, 2.05) is 18.2 Å². The van der Waals surface area contributed by atoms with Crippen molar-refractivity contribution < 1.29 is 9.53 Å². The Morgan fingerprint density at radius 1 is 1.50 bits per heavy atom. The van der Waals surface area contributed by atoms with Gasteiger partial charge >= 0.3 is 0 Å². The van der Waals surface area contributed by atoms with E-state index < -0.39 is 0 Å². The van der Waals surface area contributed by atoms with Gasteiger partial charge in [-0.25, -0.2) is 0 Å². The summed E-state index contributed by atoms with van der Waals surface area (Å²) in [5.74, 6) is -0.128. The van der Waals surface area contributed by atoms with E-state index in [0.717, 1.165) is 11.1 Å². The van der Waals surface area contributed by atoms with Crippen LogP contribution in [-0.4, -0.2) is 24.4 Å². The molecule has 0 aliphatic carbocycles. The molecule has 0 aromatic heterocycles. The van der Waals surface area contributed by atoms with Crippen molar-refractivity contribution in [3.05, 3.63) is 34.9 Å². The Labute approximate surface area is 94.0 Å². The molecule has 0 bridgehead atoms. The molecule has 4 nitrogen and oxygen atoms in total. The molecule has 0 fully saturated rings. The molecule has 1 aromatic carbocycles. The van der Waals surface area contributed by atoms with Gasteiger partial charge in [0, 0.05) is 12.6 Å². The van der Waals surface area contributed by atoms with E-state index in [9.17, 15) is 4.79 Å². The van der Waals surface area contributed by atoms with Crippen LogP contribution in [0.5, 0.6) is 0 Å². The van der Waals surface area contributed by atoms with Gasteiger partial charge in [0.25, 0.3) is 5.91 Å². The summed E-state index contributed by atoms with van der Waals surface area (Å²) in [6.45, 7) is 1.29. The second-order valence-electron chi connectivity index (χ2n) is 3.80. The Hall–Kier alpha value is -1.86. The quantitative estimate of drug-likeness (QED) is 0.700. The standard InChI is InChI=1S/C12H12N2O2/c1-14(5-4-13)12(15)9-2-3-10-7-16-8-11(10)6-9/h2-3,6H,5,7-8H2,1H3. The maximum atomic E-state index is 11.9. The van der Waals surface area contributed by atoms with Crippen LogP contribution in [0.3, 0.4) is 0 Å². The van der Waals surface area contributed by atoms with Gasteiger partial charge in [0.2, 0.25) is 0 Å². The Morgan fingerprint density at radius 3 is 3.00 bits per heavy atom. The minimum absolute atomic E-state index is 0.104. The summed E-state index contributed by atoms with van der Waals surface area (Å²) >= 11 is 0. The molecular weight excluding hydrogens is 204 g/mol. The number of hydrogen-bond donors (Lipinski definition) is 0. The van der Waals surface area contributed by atoms with Gasteiger partial charge in [-0.05, 0) is 23.3 Å². The molecule has 0 radical (unpaired) electrons. The van der Waals surface area contributed by atoms with Crippen LogP contribution >= 0.6 is 0 Å². The van der Waals surface area contributed by atoms with Crippen molar-refractivity contribution in [1.82, 2.24) is 4.90 Å². The van der Waals surface area contributed by atoms with Gasteiger partial charge in [-0.15, -0.1) is 0 Å². The Balaban J connectivity index is 2.22. The number of amides is 1. The van der Waals surface area contributed by atoms with Crippen molar-refractivity contribution in [2.75, 3.05) is 13.6 Å². The lowest BCUT2D eigenvalue weighted by molar-refractivity contribution is 0.0812. The summed E-state index contributed by atoms with van der Waals surface area (Å²) in [7, 11) is 1.62. The SMILES string of the molecule is CN(CC#N)C(=O)c1ccc2c(c1)COC2. The van der Waals surface area contributed by atoms with E-state index >= 15 is 0 Å². The molecule has 82 valence electrons. The van der Waals surface area contributed by atoms with E-state index in [-0.39, 0.29) is 12.5 Å². The Morgan fingerprint density at radius 2 is 2.25 bits per heavy atom. The molecule has 1 aliphatic rings. The van der Waals surface area contributed by atoms with Crippen LogP contribution in [0.25, 0.3) is 0 Å². The zero-order valence-electron chi connectivity index (χ0n) is 9.06. The number of ether oxygens (including phenoxy) is 1. The normalized spacial score (nSPS) is 13.0. The number of fused-ring (bicyclic) bond motifs is 1. The minimum Gasteiger partial charge on any atom is -0.372 e. The zero-order valence-corrected chi connectivity index (χ0v) is 9.06. The van der Waals surface area contributed by atoms with Crippen molar-refractivity contribution >= 4 is 5.91 Å². The Kier molecular flexibility index (Phi) is 2.88. The number of carbonyl (C=O) groups excluding carboxylic acids is 1. The number of benzene rings is 1. The average molecular weight is 216 g/mol. The molecule has 0 N–H and O–H groups in total. The van der Waals surface area contributed by atoms with Gasteiger partial charge in [0.05, 0.1) is 19.3 Å². The molecule has 1 aromatic rings. The number of rotatable bonds is 2. The lowest BCUT2D eigenvalue weighted by Crippen LogP contribution is -2.27. The summed E-state index contributed by atoms with van der Waals surface area (Å²) in [6, 6.07) is 7.49. The van der Waals surface area contributed by atoms with Crippen LogP contribution in [0.4, 0.5) is 0 Å². The first-order chi connectivity index (χ1) is 7.72. The number of nitriles is 1. The highest BCUT2D eigenvalue weighted by molar-refractivity contribution is 5.94. The molecule has 1 amide bonds. The molecular formula is C12H12N2O2. The van der Waals surface area contributed by atoms with Gasteiger partial charge in [0.15, 0.2) is 0 Å². The molecule has 0 saturated carbocycles. The highest BCUT2D eigenvalue weighted by atomic mass is 16.5. The highest BCUT2D eigenvalue weighted by Crippen LogP contribution is 2.21. The molecule has 0 unspecified atom stereocenters. The van der Waals surface area contributed by atoms with Crippen LogP contribution in [0.15, 0.2) is 18.2 Å². The molecule has 16 heavy (non-hydrogen) atoms. The maximum Gasteiger partial charge on any atom is 0.254 e. The van der Waals surface area contributed by atoms with Crippen molar-refractivity contribution in [1.29, 1.82) is 5.26 Å². The predicted octanol–water partition coefficient (Wildman–Crippen LogP) is 1.31. The highest BCUT2D eigenvalue weighted by Gasteiger charge is 2.16. The molecule has 1 heterocycles. The molecule has 0 atom stereocenters. The molecule has 0 spiro atoms. The molecule has 0 saturated heterocycles. The summed E-state index contributed by atoms with van der Waals surface area (Å²) in [5, 5.41) is 8.52. The van der Waals surface area contributed by atoms with E-state index in [1.54, 1.807) is 13.1 Å². The van der Waals surface area contributed by atoms with Crippen LogP contribution < -0.4 is 0 Å². The van der Waals surface area contributed by atoms with Crippen LogP contribution in [-0.2, 0) is 18.0 Å². The second kappa shape index (κ2) is 4.33. The smallest absolute Gasteiger partial charge is 0.254 e. The van der Waals surface area contributed by atoms with Gasteiger partial charge in [-0.1, -0.05) is 6.07 Å². The first-order valence-electron chi connectivity index (χ1n) is 5.04. The third-order valence-electron chi connectivity index (χ3n) is 2.62. The van der Waals surface area contributed by atoms with Gasteiger partial charge < -0.3 is 9.64 Å². The monoisotopic (exact) mass is 216 g/mol. The first kappa shape index (κ1) is 10.7. The fourth-order valence-electron chi connectivity index (χ4n) is 1.70. The predicted molar refractivity (Wildman–Crippen MR) is 57.5 cm³/mol. The van der Waals surface area contributed by atoms with Gasteiger partial charge in [-0.2, -0.15) is 5.26 Å². The molecule has 2 rings (SSSR count). The third-order valence-corrected chi connectivity index (χ3v) is 2.62. The van der Waals surface area contributed by atoms with Crippen molar-refractivity contribution in [3.63, 3.8) is 0 Å². The molecule has 4 heteroatoms. The number of carbonyl (C=O) groups is 1. The van der Waals surface area contributed by atoms with Crippen molar-refractivity contribution in [2.45, 2.75) is 13.2 Å². The van der Waals surface area contributed by atoms with Gasteiger partial charge in [0.1, 0.15) is 6.54 Å². The molecule has 1 aliphatic heterocycles. The van der Waals surface area contributed by atoms with Crippen LogP contribution in [0.1, 0.15) is 21.5 Å². The van der Waals surface area contributed by atoms with Crippen LogP contribution in [0.2, 0.25) is 0 Å². The maximum absolute atomic E-state index is 11.9.